The molecule has 0 N–H and O–H groups in total. The summed E-state index contributed by atoms with van der Waals surface area (Å²) in [5.41, 5.74) is 0.929. The predicted molar refractivity (Wildman–Crippen MR) is 104 cm³/mol. The fourth-order valence-corrected chi connectivity index (χ4v) is 4.81. The highest BCUT2D eigenvalue weighted by Crippen LogP contribution is 2.39. The highest BCUT2D eigenvalue weighted by molar-refractivity contribution is 5.76. The van der Waals surface area contributed by atoms with E-state index in [0.717, 1.165) is 30.9 Å². The SMILES string of the molecule is CC1CCN(C(=O)CCCc2nnc(-c3ccccc3)o2)C2CCCCC12. The third-order valence-electron chi connectivity index (χ3n) is 6.33. The number of carbonyl (C=O) groups is 1. The summed E-state index contributed by atoms with van der Waals surface area (Å²) < 4.78 is 5.75. The Morgan fingerprint density at radius 2 is 1.96 bits per heavy atom. The quantitative estimate of drug-likeness (QED) is 0.781. The van der Waals surface area contributed by atoms with E-state index in [1.54, 1.807) is 0 Å². The van der Waals surface area contributed by atoms with Crippen molar-refractivity contribution in [2.75, 3.05) is 6.54 Å². The van der Waals surface area contributed by atoms with Crippen molar-refractivity contribution in [2.24, 2.45) is 11.8 Å². The van der Waals surface area contributed by atoms with Crippen LogP contribution in [0.5, 0.6) is 0 Å². The third kappa shape index (κ3) is 4.07. The van der Waals surface area contributed by atoms with Crippen molar-refractivity contribution in [1.29, 1.82) is 0 Å². The van der Waals surface area contributed by atoms with E-state index in [0.29, 0.717) is 42.5 Å². The lowest BCUT2D eigenvalue weighted by Crippen LogP contribution is -2.52. The Morgan fingerprint density at radius 3 is 2.81 bits per heavy atom. The average Bonchev–Trinajstić information content (AvgIpc) is 3.18. The Morgan fingerprint density at radius 1 is 1.15 bits per heavy atom. The topological polar surface area (TPSA) is 59.2 Å². The zero-order chi connectivity index (χ0) is 18.6. The second-order valence-electron chi connectivity index (χ2n) is 8.09. The smallest absolute Gasteiger partial charge is 0.247 e. The van der Waals surface area contributed by atoms with Gasteiger partial charge in [0, 0.05) is 31.0 Å². The first kappa shape index (κ1) is 18.2. The van der Waals surface area contributed by atoms with Gasteiger partial charge in [0.25, 0.3) is 0 Å². The molecule has 1 aliphatic carbocycles. The number of aryl methyl sites for hydroxylation is 1. The summed E-state index contributed by atoms with van der Waals surface area (Å²) in [7, 11) is 0. The molecule has 3 unspecified atom stereocenters. The maximum Gasteiger partial charge on any atom is 0.247 e. The highest BCUT2D eigenvalue weighted by Gasteiger charge is 2.38. The van der Waals surface area contributed by atoms with Crippen molar-refractivity contribution in [1.82, 2.24) is 15.1 Å². The van der Waals surface area contributed by atoms with Gasteiger partial charge in [-0.15, -0.1) is 10.2 Å². The van der Waals surface area contributed by atoms with Gasteiger partial charge in [-0.1, -0.05) is 38.0 Å². The maximum absolute atomic E-state index is 12.8. The number of rotatable bonds is 5. The number of hydrogen-bond donors (Lipinski definition) is 0. The molecule has 0 spiro atoms. The molecule has 2 aliphatic rings. The minimum Gasteiger partial charge on any atom is -0.421 e. The Hall–Kier alpha value is -2.17. The number of piperidine rings is 1. The van der Waals surface area contributed by atoms with Gasteiger partial charge in [-0.25, -0.2) is 0 Å². The number of nitrogens with zero attached hydrogens (tertiary/aromatic N) is 3. The summed E-state index contributed by atoms with van der Waals surface area (Å²) in [5.74, 6) is 2.94. The number of amides is 1. The van der Waals surface area contributed by atoms with Crippen LogP contribution in [0, 0.1) is 11.8 Å². The molecule has 1 saturated heterocycles. The van der Waals surface area contributed by atoms with Crippen molar-refractivity contribution >= 4 is 5.91 Å². The van der Waals surface area contributed by atoms with Gasteiger partial charge in [-0.05, 0) is 49.7 Å². The van der Waals surface area contributed by atoms with E-state index in [2.05, 4.69) is 22.0 Å². The minimum absolute atomic E-state index is 0.307. The van der Waals surface area contributed by atoms with Crippen LogP contribution in [0.15, 0.2) is 34.7 Å². The van der Waals surface area contributed by atoms with Crippen molar-refractivity contribution in [3.8, 4) is 11.5 Å². The average molecular weight is 367 g/mol. The van der Waals surface area contributed by atoms with E-state index in [-0.39, 0.29) is 0 Å². The molecule has 3 atom stereocenters. The van der Waals surface area contributed by atoms with Crippen LogP contribution >= 0.6 is 0 Å². The Kier molecular flexibility index (Phi) is 5.55. The fourth-order valence-electron chi connectivity index (χ4n) is 4.81. The van der Waals surface area contributed by atoms with E-state index in [1.807, 2.05) is 30.3 Å². The number of likely N-dealkylation sites (tertiary alicyclic amines) is 1. The number of hydrogen-bond acceptors (Lipinski definition) is 4. The van der Waals surface area contributed by atoms with Gasteiger partial charge in [0.15, 0.2) is 0 Å². The maximum atomic E-state index is 12.8. The molecule has 2 heterocycles. The van der Waals surface area contributed by atoms with Crippen LogP contribution in [0.1, 0.15) is 57.8 Å². The van der Waals surface area contributed by atoms with E-state index in [9.17, 15) is 4.79 Å². The summed E-state index contributed by atoms with van der Waals surface area (Å²) in [6.07, 6.45) is 8.21. The van der Waals surface area contributed by atoms with Gasteiger partial charge in [0.05, 0.1) is 0 Å². The lowest BCUT2D eigenvalue weighted by Gasteiger charge is -2.47. The minimum atomic E-state index is 0.307. The summed E-state index contributed by atoms with van der Waals surface area (Å²) in [5, 5.41) is 8.26. The zero-order valence-electron chi connectivity index (χ0n) is 16.1. The number of benzene rings is 1. The molecule has 2 aromatic rings. The van der Waals surface area contributed by atoms with Gasteiger partial charge in [-0.2, -0.15) is 0 Å². The van der Waals surface area contributed by atoms with E-state index < -0.39 is 0 Å². The molecule has 1 saturated carbocycles. The lowest BCUT2D eigenvalue weighted by molar-refractivity contribution is -0.139. The molecule has 27 heavy (non-hydrogen) atoms. The van der Waals surface area contributed by atoms with E-state index >= 15 is 0 Å². The summed E-state index contributed by atoms with van der Waals surface area (Å²) in [6.45, 7) is 3.30. The first-order chi connectivity index (χ1) is 13.2. The molecule has 4 rings (SSSR count). The Balaban J connectivity index is 1.30. The van der Waals surface area contributed by atoms with Crippen molar-refractivity contribution in [3.05, 3.63) is 36.2 Å². The molecule has 5 heteroatoms. The van der Waals surface area contributed by atoms with Gasteiger partial charge in [0.1, 0.15) is 0 Å². The summed E-state index contributed by atoms with van der Waals surface area (Å²) in [6, 6.07) is 10.3. The molecule has 1 amide bonds. The number of aromatic nitrogens is 2. The van der Waals surface area contributed by atoms with E-state index in [4.69, 9.17) is 4.42 Å². The van der Waals surface area contributed by atoms with Gasteiger partial charge in [0.2, 0.25) is 17.7 Å². The van der Waals surface area contributed by atoms with Crippen molar-refractivity contribution < 1.29 is 9.21 Å². The van der Waals surface area contributed by atoms with Crippen LogP contribution in [0.25, 0.3) is 11.5 Å². The third-order valence-corrected chi connectivity index (χ3v) is 6.33. The Bertz CT molecular complexity index is 758. The molecule has 1 aliphatic heterocycles. The fraction of sp³-hybridized carbons (Fsp3) is 0.591. The molecule has 2 fully saturated rings. The number of fused-ring (bicyclic) bond motifs is 1. The molecular weight excluding hydrogens is 338 g/mol. The van der Waals surface area contributed by atoms with Crippen LogP contribution in [-0.2, 0) is 11.2 Å². The Labute approximate surface area is 161 Å². The van der Waals surface area contributed by atoms with Crippen LogP contribution in [0.4, 0.5) is 0 Å². The first-order valence-electron chi connectivity index (χ1n) is 10.4. The van der Waals surface area contributed by atoms with Crippen molar-refractivity contribution in [3.63, 3.8) is 0 Å². The van der Waals surface area contributed by atoms with Crippen LogP contribution in [0.3, 0.4) is 0 Å². The molecule has 0 radical (unpaired) electrons. The summed E-state index contributed by atoms with van der Waals surface area (Å²) in [4.78, 5) is 15.0. The molecule has 1 aromatic heterocycles. The highest BCUT2D eigenvalue weighted by atomic mass is 16.4. The number of carbonyl (C=O) groups excluding carboxylic acids is 1. The summed E-state index contributed by atoms with van der Waals surface area (Å²) >= 11 is 0. The van der Waals surface area contributed by atoms with E-state index in [1.165, 1.54) is 25.7 Å². The molecule has 0 bridgehead atoms. The lowest BCUT2D eigenvalue weighted by atomic mass is 9.72. The molecule has 1 aromatic carbocycles. The zero-order valence-corrected chi connectivity index (χ0v) is 16.1. The predicted octanol–water partition coefficient (Wildman–Crippen LogP) is 4.49. The van der Waals surface area contributed by atoms with Crippen LogP contribution in [-0.4, -0.2) is 33.6 Å². The molecular formula is C22H29N3O2. The molecule has 5 nitrogen and oxygen atoms in total. The second-order valence-corrected chi connectivity index (χ2v) is 8.09. The van der Waals surface area contributed by atoms with Crippen LogP contribution < -0.4 is 0 Å². The van der Waals surface area contributed by atoms with Crippen LogP contribution in [0.2, 0.25) is 0 Å². The standard InChI is InChI=1S/C22H29N3O2/c1-16-14-15-25(19-11-6-5-10-18(16)19)21(26)13-7-12-20-23-24-22(27-20)17-8-3-2-4-9-17/h2-4,8-9,16,18-19H,5-7,10-15H2,1H3. The monoisotopic (exact) mass is 367 g/mol. The normalized spacial score (nSPS) is 25.2. The second kappa shape index (κ2) is 8.24. The van der Waals surface area contributed by atoms with Gasteiger partial charge < -0.3 is 9.32 Å². The van der Waals surface area contributed by atoms with Gasteiger partial charge in [-0.3, -0.25) is 4.79 Å². The molecule has 144 valence electrons. The first-order valence-corrected chi connectivity index (χ1v) is 10.4. The van der Waals surface area contributed by atoms with Crippen molar-refractivity contribution in [2.45, 2.75) is 64.3 Å². The largest absolute Gasteiger partial charge is 0.421 e. The van der Waals surface area contributed by atoms with Gasteiger partial charge >= 0.3 is 0 Å².